The van der Waals surface area contributed by atoms with Crippen LogP contribution in [0.3, 0.4) is 0 Å². The minimum Gasteiger partial charge on any atom is -0.337 e. The van der Waals surface area contributed by atoms with E-state index in [1.54, 1.807) is 0 Å². The van der Waals surface area contributed by atoms with Crippen molar-refractivity contribution < 1.29 is 0 Å². The number of rotatable bonds is 4. The standard InChI is InChI=1S/C15H26N4/c1-18-10-8-17-15(18)14-12-16-7-11-19(14)9-6-13-4-2-3-5-13/h8,10,13-14,16H,2-7,9,11-12H2,1H3. The third-order valence-corrected chi connectivity index (χ3v) is 4.81. The van der Waals surface area contributed by atoms with Crippen LogP contribution in [-0.4, -0.2) is 40.6 Å². The number of hydrogen-bond donors (Lipinski definition) is 1. The van der Waals surface area contributed by atoms with Gasteiger partial charge in [0, 0.05) is 39.1 Å². The molecule has 0 aromatic carbocycles. The number of nitrogens with one attached hydrogen (secondary N) is 1. The van der Waals surface area contributed by atoms with Crippen LogP contribution in [0.1, 0.15) is 44.0 Å². The number of aromatic nitrogens is 2. The van der Waals surface area contributed by atoms with Gasteiger partial charge in [0.15, 0.2) is 0 Å². The lowest BCUT2D eigenvalue weighted by Crippen LogP contribution is -2.47. The maximum atomic E-state index is 4.55. The molecular weight excluding hydrogens is 236 g/mol. The second-order valence-electron chi connectivity index (χ2n) is 6.09. The van der Waals surface area contributed by atoms with Gasteiger partial charge in [0.05, 0.1) is 6.04 Å². The van der Waals surface area contributed by atoms with Gasteiger partial charge in [-0.15, -0.1) is 0 Å². The molecule has 2 fully saturated rings. The van der Waals surface area contributed by atoms with Crippen molar-refractivity contribution in [3.8, 4) is 0 Å². The van der Waals surface area contributed by atoms with E-state index in [0.717, 1.165) is 25.6 Å². The Morgan fingerprint density at radius 1 is 1.37 bits per heavy atom. The summed E-state index contributed by atoms with van der Waals surface area (Å²) in [6.45, 7) is 4.55. The van der Waals surface area contributed by atoms with E-state index in [1.165, 1.54) is 44.5 Å². The lowest BCUT2D eigenvalue weighted by atomic mass is 10.0. The van der Waals surface area contributed by atoms with Gasteiger partial charge in [-0.2, -0.15) is 0 Å². The lowest BCUT2D eigenvalue weighted by Gasteiger charge is -2.36. The molecule has 4 heteroatoms. The Morgan fingerprint density at radius 3 is 2.95 bits per heavy atom. The van der Waals surface area contributed by atoms with Gasteiger partial charge in [-0.1, -0.05) is 25.7 Å². The minimum atomic E-state index is 0.454. The van der Waals surface area contributed by atoms with E-state index in [1.807, 2.05) is 6.20 Å². The van der Waals surface area contributed by atoms with Gasteiger partial charge in [0.25, 0.3) is 0 Å². The second-order valence-corrected chi connectivity index (χ2v) is 6.09. The van der Waals surface area contributed by atoms with E-state index in [9.17, 15) is 0 Å². The first kappa shape index (κ1) is 13.1. The Hall–Kier alpha value is -0.870. The van der Waals surface area contributed by atoms with Crippen molar-refractivity contribution in [3.63, 3.8) is 0 Å². The quantitative estimate of drug-likeness (QED) is 0.900. The summed E-state index contributed by atoms with van der Waals surface area (Å²) >= 11 is 0. The van der Waals surface area contributed by atoms with Crippen molar-refractivity contribution in [2.75, 3.05) is 26.2 Å². The molecule has 1 unspecified atom stereocenters. The molecule has 4 nitrogen and oxygen atoms in total. The first-order valence-corrected chi connectivity index (χ1v) is 7.76. The highest BCUT2D eigenvalue weighted by molar-refractivity contribution is 5.02. The minimum absolute atomic E-state index is 0.454. The fourth-order valence-corrected chi connectivity index (χ4v) is 3.61. The van der Waals surface area contributed by atoms with Crippen LogP contribution in [0.5, 0.6) is 0 Å². The van der Waals surface area contributed by atoms with Crippen molar-refractivity contribution >= 4 is 0 Å². The third kappa shape index (κ3) is 3.00. The van der Waals surface area contributed by atoms with Crippen molar-refractivity contribution in [2.45, 2.75) is 38.1 Å². The number of hydrogen-bond acceptors (Lipinski definition) is 3. The maximum Gasteiger partial charge on any atom is 0.127 e. The molecule has 1 aliphatic carbocycles. The number of piperazine rings is 1. The highest BCUT2D eigenvalue weighted by Gasteiger charge is 2.27. The van der Waals surface area contributed by atoms with Crippen LogP contribution in [0.25, 0.3) is 0 Å². The van der Waals surface area contributed by atoms with Crippen molar-refractivity contribution in [2.24, 2.45) is 13.0 Å². The largest absolute Gasteiger partial charge is 0.337 e. The highest BCUT2D eigenvalue weighted by Crippen LogP contribution is 2.29. The molecule has 19 heavy (non-hydrogen) atoms. The molecule has 0 amide bonds. The van der Waals surface area contributed by atoms with Gasteiger partial charge < -0.3 is 9.88 Å². The summed E-state index contributed by atoms with van der Waals surface area (Å²) in [7, 11) is 2.10. The lowest BCUT2D eigenvalue weighted by molar-refractivity contribution is 0.143. The Balaban J connectivity index is 1.62. The van der Waals surface area contributed by atoms with E-state index < -0.39 is 0 Å². The number of nitrogens with zero attached hydrogens (tertiary/aromatic N) is 3. The van der Waals surface area contributed by atoms with Crippen molar-refractivity contribution in [1.82, 2.24) is 19.8 Å². The molecule has 0 spiro atoms. The van der Waals surface area contributed by atoms with Crippen LogP contribution in [0, 0.1) is 5.92 Å². The molecule has 2 aliphatic rings. The summed E-state index contributed by atoms with van der Waals surface area (Å²) in [4.78, 5) is 7.19. The van der Waals surface area contributed by atoms with Crippen molar-refractivity contribution in [3.05, 3.63) is 18.2 Å². The second kappa shape index (κ2) is 6.06. The summed E-state index contributed by atoms with van der Waals surface area (Å²) in [6.07, 6.45) is 11.2. The van der Waals surface area contributed by atoms with Crippen molar-refractivity contribution in [1.29, 1.82) is 0 Å². The summed E-state index contributed by atoms with van der Waals surface area (Å²) in [5, 5.41) is 3.51. The van der Waals surface area contributed by atoms with Crippen LogP contribution in [0.2, 0.25) is 0 Å². The van der Waals surface area contributed by atoms with E-state index in [4.69, 9.17) is 0 Å². The SMILES string of the molecule is Cn1ccnc1C1CNCCN1CCC1CCCC1. The van der Waals surface area contributed by atoms with Gasteiger partial charge in [-0.3, -0.25) is 4.90 Å². The van der Waals surface area contributed by atoms with Crippen LogP contribution in [-0.2, 0) is 7.05 Å². The fourth-order valence-electron chi connectivity index (χ4n) is 3.61. The molecule has 2 heterocycles. The predicted octanol–water partition coefficient (Wildman–Crippen LogP) is 1.95. The highest BCUT2D eigenvalue weighted by atomic mass is 15.3. The third-order valence-electron chi connectivity index (χ3n) is 4.81. The van der Waals surface area contributed by atoms with Crippen LogP contribution in [0.15, 0.2) is 12.4 Å². The average Bonchev–Trinajstić information content (AvgIpc) is 3.08. The van der Waals surface area contributed by atoms with E-state index in [2.05, 4.69) is 33.0 Å². The molecule has 1 saturated carbocycles. The monoisotopic (exact) mass is 262 g/mol. The van der Waals surface area contributed by atoms with Crippen LogP contribution < -0.4 is 5.32 Å². The topological polar surface area (TPSA) is 33.1 Å². The molecule has 1 aromatic heterocycles. The Kier molecular flexibility index (Phi) is 4.18. The van der Waals surface area contributed by atoms with Crippen LogP contribution >= 0.6 is 0 Å². The molecule has 1 saturated heterocycles. The van der Waals surface area contributed by atoms with Gasteiger partial charge in [0.2, 0.25) is 0 Å². The number of imidazole rings is 1. The van der Waals surface area contributed by atoms with Gasteiger partial charge >= 0.3 is 0 Å². The molecule has 0 bridgehead atoms. The Morgan fingerprint density at radius 2 is 2.21 bits per heavy atom. The zero-order valence-electron chi connectivity index (χ0n) is 12.0. The zero-order chi connectivity index (χ0) is 13.1. The summed E-state index contributed by atoms with van der Waals surface area (Å²) < 4.78 is 2.17. The molecule has 1 aliphatic heterocycles. The zero-order valence-corrected chi connectivity index (χ0v) is 12.0. The molecule has 1 aromatic rings. The average molecular weight is 262 g/mol. The first-order valence-electron chi connectivity index (χ1n) is 7.76. The van der Waals surface area contributed by atoms with Gasteiger partial charge in [-0.25, -0.2) is 4.98 Å². The molecule has 106 valence electrons. The van der Waals surface area contributed by atoms with Gasteiger partial charge in [0.1, 0.15) is 5.82 Å². The maximum absolute atomic E-state index is 4.55. The van der Waals surface area contributed by atoms with E-state index in [0.29, 0.717) is 6.04 Å². The van der Waals surface area contributed by atoms with E-state index in [-0.39, 0.29) is 0 Å². The molecule has 0 radical (unpaired) electrons. The summed E-state index contributed by atoms with van der Waals surface area (Å²) in [5.74, 6) is 2.19. The molecule has 1 atom stereocenters. The molecular formula is C15H26N4. The number of aryl methyl sites for hydroxylation is 1. The first-order chi connectivity index (χ1) is 9.34. The van der Waals surface area contributed by atoms with Gasteiger partial charge in [-0.05, 0) is 18.9 Å². The van der Waals surface area contributed by atoms with Crippen LogP contribution in [0.4, 0.5) is 0 Å². The summed E-state index contributed by atoms with van der Waals surface area (Å²) in [5.41, 5.74) is 0. The smallest absolute Gasteiger partial charge is 0.127 e. The predicted molar refractivity (Wildman–Crippen MR) is 77.0 cm³/mol. The molecule has 1 N–H and O–H groups in total. The summed E-state index contributed by atoms with van der Waals surface area (Å²) in [6, 6.07) is 0.454. The Bertz CT molecular complexity index is 395. The fraction of sp³-hybridized carbons (Fsp3) is 0.800. The van der Waals surface area contributed by atoms with E-state index >= 15 is 0 Å². The Labute approximate surface area is 116 Å². The normalized spacial score (nSPS) is 26.1. The molecule has 3 rings (SSSR count).